The van der Waals surface area contributed by atoms with Crippen LogP contribution in [0.4, 0.5) is 5.82 Å². The lowest BCUT2D eigenvalue weighted by Gasteiger charge is -2.25. The van der Waals surface area contributed by atoms with Gasteiger partial charge in [0.05, 0.1) is 5.69 Å². The van der Waals surface area contributed by atoms with Crippen LogP contribution in [0.2, 0.25) is 0 Å². The Morgan fingerprint density at radius 2 is 1.95 bits per heavy atom. The van der Waals surface area contributed by atoms with Gasteiger partial charge in [0.25, 0.3) is 0 Å². The third-order valence-electron chi connectivity index (χ3n) is 4.76. The summed E-state index contributed by atoms with van der Waals surface area (Å²) in [5.74, 6) is 4.09. The van der Waals surface area contributed by atoms with E-state index in [9.17, 15) is 0 Å². The first-order valence-electron chi connectivity index (χ1n) is 7.95. The maximum Gasteiger partial charge on any atom is 0.127 e. The summed E-state index contributed by atoms with van der Waals surface area (Å²) in [5, 5.41) is 0. The third kappa shape index (κ3) is 2.39. The average Bonchev–Trinajstić information content (AvgIpc) is 3.12. The molecule has 0 aliphatic heterocycles. The van der Waals surface area contributed by atoms with Gasteiger partial charge >= 0.3 is 0 Å². The lowest BCUT2D eigenvalue weighted by atomic mass is 9.81. The number of aromatic nitrogens is 2. The number of imidazole rings is 1. The number of rotatable bonds is 3. The van der Waals surface area contributed by atoms with E-state index in [1.54, 1.807) is 0 Å². The van der Waals surface area contributed by atoms with E-state index in [1.165, 1.54) is 50.0 Å². The Bertz CT molecular complexity index is 457. The second-order valence-corrected chi connectivity index (χ2v) is 6.97. The molecule has 2 N–H and O–H groups in total. The SMILES string of the molecule is CC1CCCC(c2nc(C(C)C)n(C3CC3)c2N)C1. The van der Waals surface area contributed by atoms with Crippen LogP contribution in [0.25, 0.3) is 0 Å². The van der Waals surface area contributed by atoms with Crippen molar-refractivity contribution in [3.63, 3.8) is 0 Å². The van der Waals surface area contributed by atoms with Crippen LogP contribution < -0.4 is 5.73 Å². The summed E-state index contributed by atoms with van der Waals surface area (Å²) >= 11 is 0. The second-order valence-electron chi connectivity index (χ2n) is 6.97. The Hall–Kier alpha value is -0.990. The molecule has 3 heteroatoms. The number of hydrogen-bond acceptors (Lipinski definition) is 2. The highest BCUT2D eigenvalue weighted by atomic mass is 15.2. The topological polar surface area (TPSA) is 43.8 Å². The molecule has 2 aliphatic rings. The van der Waals surface area contributed by atoms with Gasteiger partial charge in [-0.25, -0.2) is 4.98 Å². The number of nitrogens with zero attached hydrogens (tertiary/aromatic N) is 2. The van der Waals surface area contributed by atoms with Gasteiger partial charge in [-0.2, -0.15) is 0 Å². The van der Waals surface area contributed by atoms with Crippen LogP contribution in [-0.2, 0) is 0 Å². The minimum absolute atomic E-state index is 0.470. The molecule has 2 aliphatic carbocycles. The Kier molecular flexibility index (Phi) is 3.32. The molecule has 19 heavy (non-hydrogen) atoms. The fourth-order valence-electron chi connectivity index (χ4n) is 3.59. The Morgan fingerprint density at radius 3 is 2.53 bits per heavy atom. The second kappa shape index (κ2) is 4.84. The zero-order chi connectivity index (χ0) is 13.6. The molecule has 0 radical (unpaired) electrons. The van der Waals surface area contributed by atoms with Crippen molar-refractivity contribution in [2.75, 3.05) is 5.73 Å². The van der Waals surface area contributed by atoms with E-state index in [4.69, 9.17) is 10.7 Å². The Morgan fingerprint density at radius 1 is 1.21 bits per heavy atom. The fraction of sp³-hybridized carbons (Fsp3) is 0.812. The van der Waals surface area contributed by atoms with E-state index in [0.717, 1.165) is 11.7 Å². The van der Waals surface area contributed by atoms with Crippen LogP contribution in [0.1, 0.15) is 88.7 Å². The smallest absolute Gasteiger partial charge is 0.127 e. The van der Waals surface area contributed by atoms with Crippen LogP contribution in [0.15, 0.2) is 0 Å². The van der Waals surface area contributed by atoms with Gasteiger partial charge in [-0.3, -0.25) is 0 Å². The van der Waals surface area contributed by atoms with Gasteiger partial charge in [-0.05, 0) is 31.6 Å². The highest BCUT2D eigenvalue weighted by Crippen LogP contribution is 2.44. The normalized spacial score (nSPS) is 28.0. The summed E-state index contributed by atoms with van der Waals surface area (Å²) < 4.78 is 2.35. The van der Waals surface area contributed by atoms with Gasteiger partial charge < -0.3 is 10.3 Å². The van der Waals surface area contributed by atoms with Gasteiger partial charge in [0.15, 0.2) is 0 Å². The molecular formula is C16H27N3. The van der Waals surface area contributed by atoms with Gasteiger partial charge in [0, 0.05) is 17.9 Å². The molecule has 2 saturated carbocycles. The van der Waals surface area contributed by atoms with Crippen LogP contribution in [-0.4, -0.2) is 9.55 Å². The first kappa shape index (κ1) is 13.0. The lowest BCUT2D eigenvalue weighted by molar-refractivity contribution is 0.341. The molecule has 0 spiro atoms. The standard InChI is InChI=1S/C16H27N3/c1-10(2)16-18-14(12-6-4-5-11(3)9-12)15(17)19(16)13-7-8-13/h10-13H,4-9,17H2,1-3H3. The minimum atomic E-state index is 0.470. The lowest BCUT2D eigenvalue weighted by Crippen LogP contribution is -2.14. The predicted molar refractivity (Wildman–Crippen MR) is 79.4 cm³/mol. The maximum atomic E-state index is 6.46. The van der Waals surface area contributed by atoms with Gasteiger partial charge in [-0.1, -0.05) is 33.6 Å². The van der Waals surface area contributed by atoms with E-state index in [2.05, 4.69) is 25.3 Å². The first-order valence-corrected chi connectivity index (χ1v) is 7.95. The van der Waals surface area contributed by atoms with E-state index in [-0.39, 0.29) is 0 Å². The van der Waals surface area contributed by atoms with Crippen LogP contribution in [0.3, 0.4) is 0 Å². The molecule has 2 atom stereocenters. The molecule has 1 aromatic rings. The maximum absolute atomic E-state index is 6.46. The Balaban J connectivity index is 1.94. The largest absolute Gasteiger partial charge is 0.384 e. The number of hydrogen-bond donors (Lipinski definition) is 1. The van der Waals surface area contributed by atoms with E-state index < -0.39 is 0 Å². The first-order chi connectivity index (χ1) is 9.08. The highest BCUT2D eigenvalue weighted by molar-refractivity contribution is 5.42. The molecule has 1 aromatic heterocycles. The van der Waals surface area contributed by atoms with Gasteiger partial charge in [0.1, 0.15) is 11.6 Å². The molecule has 0 aromatic carbocycles. The zero-order valence-electron chi connectivity index (χ0n) is 12.5. The predicted octanol–water partition coefficient (Wildman–Crippen LogP) is 4.22. The summed E-state index contributed by atoms with van der Waals surface area (Å²) in [6, 6.07) is 0.639. The summed E-state index contributed by atoms with van der Waals surface area (Å²) in [6.07, 6.45) is 7.80. The molecule has 3 rings (SSSR count). The average molecular weight is 261 g/mol. The molecule has 106 valence electrons. The quantitative estimate of drug-likeness (QED) is 0.885. The number of anilines is 1. The molecule has 3 nitrogen and oxygen atoms in total. The van der Waals surface area contributed by atoms with Crippen LogP contribution >= 0.6 is 0 Å². The zero-order valence-corrected chi connectivity index (χ0v) is 12.5. The van der Waals surface area contributed by atoms with E-state index in [0.29, 0.717) is 17.9 Å². The van der Waals surface area contributed by atoms with Crippen molar-refractivity contribution in [3.8, 4) is 0 Å². The molecular weight excluding hydrogens is 234 g/mol. The van der Waals surface area contributed by atoms with Gasteiger partial charge in [-0.15, -0.1) is 0 Å². The number of nitrogen functional groups attached to an aromatic ring is 1. The van der Waals surface area contributed by atoms with Crippen LogP contribution in [0.5, 0.6) is 0 Å². The molecule has 0 saturated heterocycles. The monoisotopic (exact) mass is 261 g/mol. The van der Waals surface area contributed by atoms with Crippen LogP contribution in [0, 0.1) is 5.92 Å². The molecule has 2 unspecified atom stereocenters. The van der Waals surface area contributed by atoms with E-state index >= 15 is 0 Å². The summed E-state index contributed by atoms with van der Waals surface area (Å²) in [5.41, 5.74) is 7.67. The van der Waals surface area contributed by atoms with Crippen molar-refractivity contribution in [2.45, 2.75) is 77.2 Å². The molecule has 2 fully saturated rings. The van der Waals surface area contributed by atoms with Crippen molar-refractivity contribution < 1.29 is 0 Å². The van der Waals surface area contributed by atoms with Crippen molar-refractivity contribution in [1.82, 2.24) is 9.55 Å². The van der Waals surface area contributed by atoms with Crippen molar-refractivity contribution in [3.05, 3.63) is 11.5 Å². The minimum Gasteiger partial charge on any atom is -0.384 e. The van der Waals surface area contributed by atoms with Crippen molar-refractivity contribution in [1.29, 1.82) is 0 Å². The molecule has 1 heterocycles. The Labute approximate surface area is 116 Å². The van der Waals surface area contributed by atoms with Gasteiger partial charge in [0.2, 0.25) is 0 Å². The highest BCUT2D eigenvalue weighted by Gasteiger charge is 2.33. The van der Waals surface area contributed by atoms with Crippen molar-refractivity contribution in [2.24, 2.45) is 5.92 Å². The van der Waals surface area contributed by atoms with Crippen molar-refractivity contribution >= 4 is 5.82 Å². The number of nitrogens with two attached hydrogens (primary N) is 1. The molecule has 0 bridgehead atoms. The summed E-state index contributed by atoms with van der Waals surface area (Å²) in [4.78, 5) is 4.97. The summed E-state index contributed by atoms with van der Waals surface area (Å²) in [6.45, 7) is 6.82. The van der Waals surface area contributed by atoms with E-state index in [1.807, 2.05) is 0 Å². The fourth-order valence-corrected chi connectivity index (χ4v) is 3.59. The summed E-state index contributed by atoms with van der Waals surface area (Å²) in [7, 11) is 0. The third-order valence-corrected chi connectivity index (χ3v) is 4.76. The molecule has 0 amide bonds.